The summed E-state index contributed by atoms with van der Waals surface area (Å²) < 4.78 is 0. The van der Waals surface area contributed by atoms with E-state index in [2.05, 4.69) is 19.2 Å². The molecule has 2 N–H and O–H groups in total. The van der Waals surface area contributed by atoms with Gasteiger partial charge in [0, 0.05) is 23.4 Å². The van der Waals surface area contributed by atoms with E-state index in [0.29, 0.717) is 17.2 Å². The van der Waals surface area contributed by atoms with Gasteiger partial charge in [0.25, 0.3) is 5.69 Å². The number of carboxylic acid groups (broad SMARTS) is 1. The van der Waals surface area contributed by atoms with Crippen molar-refractivity contribution in [2.45, 2.75) is 40.2 Å². The van der Waals surface area contributed by atoms with Crippen LogP contribution in [-0.2, 0) is 0 Å². The number of hydrogen-bond donors (Lipinski definition) is 2. The van der Waals surface area contributed by atoms with E-state index in [0.717, 1.165) is 12.5 Å². The first-order valence-electron chi connectivity index (χ1n) is 6.51. The Morgan fingerprint density at radius 1 is 1.40 bits per heavy atom. The molecule has 0 bridgehead atoms. The van der Waals surface area contributed by atoms with Gasteiger partial charge in [0.15, 0.2) is 0 Å². The van der Waals surface area contributed by atoms with Crippen molar-refractivity contribution in [3.05, 3.63) is 33.4 Å². The lowest BCUT2D eigenvalue weighted by Gasteiger charge is -2.19. The first kappa shape index (κ1) is 15.9. The number of nitrogens with one attached hydrogen (secondary N) is 1. The maximum atomic E-state index is 11.1. The number of carboxylic acids is 1. The zero-order valence-electron chi connectivity index (χ0n) is 12.1. The predicted octanol–water partition coefficient (Wildman–Crippen LogP) is 3.45. The monoisotopic (exact) mass is 280 g/mol. The summed E-state index contributed by atoms with van der Waals surface area (Å²) in [5, 5.41) is 23.2. The first-order valence-corrected chi connectivity index (χ1v) is 6.51. The number of anilines is 1. The molecule has 6 nitrogen and oxygen atoms in total. The fraction of sp³-hybridized carbons (Fsp3) is 0.500. The Bertz CT molecular complexity index is 526. The Morgan fingerprint density at radius 2 is 2.00 bits per heavy atom. The van der Waals surface area contributed by atoms with Crippen molar-refractivity contribution in [3.63, 3.8) is 0 Å². The predicted molar refractivity (Wildman–Crippen MR) is 77.3 cm³/mol. The number of aromatic carboxylic acids is 1. The van der Waals surface area contributed by atoms with Crippen molar-refractivity contribution in [1.82, 2.24) is 0 Å². The Hall–Kier alpha value is -2.11. The molecule has 0 amide bonds. The van der Waals surface area contributed by atoms with Crippen LogP contribution >= 0.6 is 0 Å². The van der Waals surface area contributed by atoms with E-state index in [4.69, 9.17) is 5.11 Å². The minimum atomic E-state index is -1.17. The molecule has 20 heavy (non-hydrogen) atoms. The lowest BCUT2D eigenvalue weighted by atomic mass is 10.0. The zero-order valence-corrected chi connectivity index (χ0v) is 12.1. The van der Waals surface area contributed by atoms with Crippen molar-refractivity contribution in [2.75, 3.05) is 5.32 Å². The number of nitrogens with zero attached hydrogens (tertiary/aromatic N) is 1. The highest BCUT2D eigenvalue weighted by atomic mass is 16.6. The van der Waals surface area contributed by atoms with Crippen LogP contribution in [0.2, 0.25) is 0 Å². The fourth-order valence-electron chi connectivity index (χ4n) is 2.19. The summed E-state index contributed by atoms with van der Waals surface area (Å²) >= 11 is 0. The molecule has 1 unspecified atom stereocenters. The van der Waals surface area contributed by atoms with Crippen LogP contribution in [0.5, 0.6) is 0 Å². The van der Waals surface area contributed by atoms with Gasteiger partial charge in [-0.1, -0.05) is 13.8 Å². The van der Waals surface area contributed by atoms with Gasteiger partial charge in [0.1, 0.15) is 0 Å². The maximum absolute atomic E-state index is 11.1. The van der Waals surface area contributed by atoms with Gasteiger partial charge in [-0.2, -0.15) is 0 Å². The average Bonchev–Trinajstić information content (AvgIpc) is 2.29. The Morgan fingerprint density at radius 3 is 2.45 bits per heavy atom. The van der Waals surface area contributed by atoms with Crippen LogP contribution in [-0.4, -0.2) is 22.0 Å². The van der Waals surface area contributed by atoms with Gasteiger partial charge < -0.3 is 10.4 Å². The van der Waals surface area contributed by atoms with Crippen LogP contribution in [0.1, 0.15) is 43.1 Å². The molecule has 1 aromatic carbocycles. The average molecular weight is 280 g/mol. The third-order valence-electron chi connectivity index (χ3n) is 3.05. The SMILES string of the molecule is Cc1c(NC(C)CC(C)C)cc(C(=O)O)cc1[N+](=O)[O-]. The Kier molecular flexibility index (Phi) is 5.07. The minimum Gasteiger partial charge on any atom is -0.478 e. The largest absolute Gasteiger partial charge is 0.478 e. The number of carbonyl (C=O) groups is 1. The van der Waals surface area contributed by atoms with E-state index in [-0.39, 0.29) is 17.3 Å². The molecule has 1 aromatic rings. The number of rotatable bonds is 6. The van der Waals surface area contributed by atoms with Crippen LogP contribution in [0.25, 0.3) is 0 Å². The molecule has 0 aliphatic carbocycles. The van der Waals surface area contributed by atoms with Gasteiger partial charge in [-0.3, -0.25) is 10.1 Å². The standard InChI is InChI=1S/C14H20N2O4/c1-8(2)5-9(3)15-12-6-11(14(17)18)7-13(10(12)4)16(19)20/h6-9,15H,5H2,1-4H3,(H,17,18). The van der Waals surface area contributed by atoms with Gasteiger partial charge in [-0.25, -0.2) is 4.79 Å². The lowest BCUT2D eigenvalue weighted by molar-refractivity contribution is -0.385. The first-order chi connectivity index (χ1) is 9.22. The van der Waals surface area contributed by atoms with E-state index in [1.165, 1.54) is 6.07 Å². The Labute approximate surface area is 118 Å². The van der Waals surface area contributed by atoms with Gasteiger partial charge >= 0.3 is 5.97 Å². The summed E-state index contributed by atoms with van der Waals surface area (Å²) in [6, 6.07) is 2.65. The summed E-state index contributed by atoms with van der Waals surface area (Å²) in [4.78, 5) is 21.5. The van der Waals surface area contributed by atoms with Crippen molar-refractivity contribution < 1.29 is 14.8 Å². The summed E-state index contributed by atoms with van der Waals surface area (Å²) in [5.41, 5.74) is 0.700. The van der Waals surface area contributed by atoms with Crippen molar-refractivity contribution in [1.29, 1.82) is 0 Å². The second-order valence-electron chi connectivity index (χ2n) is 5.41. The molecule has 0 aliphatic heterocycles. The van der Waals surface area contributed by atoms with E-state index >= 15 is 0 Å². The number of hydrogen-bond acceptors (Lipinski definition) is 4. The third kappa shape index (κ3) is 3.94. The molecule has 0 aliphatic rings. The van der Waals surface area contributed by atoms with Crippen molar-refractivity contribution >= 4 is 17.3 Å². The second kappa shape index (κ2) is 6.36. The second-order valence-corrected chi connectivity index (χ2v) is 5.41. The van der Waals surface area contributed by atoms with Crippen molar-refractivity contribution in [3.8, 4) is 0 Å². The topological polar surface area (TPSA) is 92.5 Å². The quantitative estimate of drug-likeness (QED) is 0.615. The highest BCUT2D eigenvalue weighted by Gasteiger charge is 2.20. The minimum absolute atomic E-state index is 0.0819. The molecule has 0 aromatic heterocycles. The smallest absolute Gasteiger partial charge is 0.336 e. The summed E-state index contributed by atoms with van der Waals surface area (Å²) in [7, 11) is 0. The fourth-order valence-corrected chi connectivity index (χ4v) is 2.19. The molecule has 110 valence electrons. The summed E-state index contributed by atoms with van der Waals surface area (Å²) in [6.07, 6.45) is 0.893. The highest BCUT2D eigenvalue weighted by Crippen LogP contribution is 2.29. The molecule has 1 rings (SSSR count). The highest BCUT2D eigenvalue weighted by molar-refractivity contribution is 5.90. The van der Waals surface area contributed by atoms with Crippen LogP contribution in [0.15, 0.2) is 12.1 Å². The Balaban J connectivity index is 3.17. The maximum Gasteiger partial charge on any atom is 0.336 e. The molecule has 0 heterocycles. The van der Waals surface area contributed by atoms with Gasteiger partial charge in [-0.05, 0) is 32.3 Å². The van der Waals surface area contributed by atoms with Crippen LogP contribution in [0.4, 0.5) is 11.4 Å². The normalized spacial score (nSPS) is 12.2. The summed E-state index contributed by atoms with van der Waals surface area (Å²) in [5.74, 6) is -0.692. The third-order valence-corrected chi connectivity index (χ3v) is 3.05. The van der Waals surface area contributed by atoms with Crippen LogP contribution in [0.3, 0.4) is 0 Å². The molecule has 0 spiro atoms. The molecule has 0 saturated heterocycles. The lowest BCUT2D eigenvalue weighted by Crippen LogP contribution is -2.18. The molecule has 0 fully saturated rings. The van der Waals surface area contributed by atoms with Gasteiger partial charge in [0.05, 0.1) is 10.5 Å². The van der Waals surface area contributed by atoms with Crippen LogP contribution in [0, 0.1) is 23.0 Å². The number of nitro groups is 1. The molecule has 6 heteroatoms. The number of benzene rings is 1. The summed E-state index contributed by atoms with van der Waals surface area (Å²) in [6.45, 7) is 7.76. The molecular formula is C14H20N2O4. The van der Waals surface area contributed by atoms with E-state index < -0.39 is 10.9 Å². The van der Waals surface area contributed by atoms with E-state index in [1.807, 2.05) is 6.92 Å². The van der Waals surface area contributed by atoms with Gasteiger partial charge in [0.2, 0.25) is 0 Å². The van der Waals surface area contributed by atoms with E-state index in [1.54, 1.807) is 6.92 Å². The number of nitro benzene ring substituents is 1. The molecule has 1 atom stereocenters. The van der Waals surface area contributed by atoms with Gasteiger partial charge in [-0.15, -0.1) is 0 Å². The molecule has 0 saturated carbocycles. The van der Waals surface area contributed by atoms with E-state index in [9.17, 15) is 14.9 Å². The molecule has 0 radical (unpaired) electrons. The van der Waals surface area contributed by atoms with Crippen molar-refractivity contribution in [2.24, 2.45) is 5.92 Å². The van der Waals surface area contributed by atoms with Crippen LogP contribution < -0.4 is 5.32 Å². The molecular weight excluding hydrogens is 260 g/mol. The zero-order chi connectivity index (χ0) is 15.4.